The maximum atomic E-state index is 12.0. The Labute approximate surface area is 153 Å². The van der Waals surface area contributed by atoms with E-state index in [4.69, 9.17) is 25.8 Å². The lowest BCUT2D eigenvalue weighted by atomic mass is 10.1. The molecule has 0 saturated heterocycles. The molecule has 2 aromatic rings. The average Bonchev–Trinajstić information content (AvgIpc) is 2.59. The highest BCUT2D eigenvalue weighted by molar-refractivity contribution is 6.32. The molecule has 0 heterocycles. The fourth-order valence-corrected chi connectivity index (χ4v) is 2.45. The van der Waals surface area contributed by atoms with Gasteiger partial charge in [0.05, 0.1) is 13.7 Å². The summed E-state index contributed by atoms with van der Waals surface area (Å²) in [5, 5.41) is 0.678. The molecule has 0 aliphatic carbocycles. The molecule has 2 rings (SSSR count). The zero-order chi connectivity index (χ0) is 18.4. The second-order valence-corrected chi connectivity index (χ2v) is 5.85. The highest BCUT2D eigenvalue weighted by atomic mass is 35.5. The monoisotopic (exact) mass is 360 g/mol. The number of ether oxygens (including phenoxy) is 3. The van der Waals surface area contributed by atoms with E-state index in [1.165, 1.54) is 6.08 Å². The number of benzene rings is 2. The Kier molecular flexibility index (Phi) is 6.48. The van der Waals surface area contributed by atoms with Crippen molar-refractivity contribution in [3.8, 4) is 17.2 Å². The zero-order valence-corrected chi connectivity index (χ0v) is 15.5. The van der Waals surface area contributed by atoms with Crippen molar-refractivity contribution < 1.29 is 19.0 Å². The second kappa shape index (κ2) is 8.58. The predicted octanol–water partition coefficient (Wildman–Crippen LogP) is 4.98. The molecule has 4 nitrogen and oxygen atoms in total. The number of carbonyl (C=O) groups is 1. The molecule has 132 valence electrons. The first-order chi connectivity index (χ1) is 11.9. The van der Waals surface area contributed by atoms with Crippen molar-refractivity contribution in [1.82, 2.24) is 0 Å². The number of carbonyl (C=O) groups excluding carboxylic acids is 1. The van der Waals surface area contributed by atoms with Gasteiger partial charge in [-0.1, -0.05) is 17.7 Å². The third kappa shape index (κ3) is 5.00. The van der Waals surface area contributed by atoms with E-state index in [0.717, 1.165) is 16.7 Å². The Balaban J connectivity index is 2.10. The van der Waals surface area contributed by atoms with Crippen LogP contribution in [0.15, 0.2) is 36.4 Å². The van der Waals surface area contributed by atoms with Crippen molar-refractivity contribution in [2.45, 2.75) is 20.8 Å². The Hall–Kier alpha value is -2.46. The smallest absolute Gasteiger partial charge is 0.336 e. The van der Waals surface area contributed by atoms with Gasteiger partial charge in [0.15, 0.2) is 11.5 Å². The standard InChI is InChI=1S/C20H21ClO4/c1-5-24-17-8-6-15(12-18(17)23-4)7-9-19(22)25-16-10-13(2)20(21)14(3)11-16/h6-12H,5H2,1-4H3/b9-7+. The van der Waals surface area contributed by atoms with Crippen LogP contribution in [0, 0.1) is 13.8 Å². The van der Waals surface area contributed by atoms with E-state index in [-0.39, 0.29) is 0 Å². The summed E-state index contributed by atoms with van der Waals surface area (Å²) in [5.41, 5.74) is 2.54. The Morgan fingerprint density at radius 2 is 1.80 bits per heavy atom. The predicted molar refractivity (Wildman–Crippen MR) is 99.8 cm³/mol. The Bertz CT molecular complexity index is 773. The molecule has 2 aromatic carbocycles. The maximum absolute atomic E-state index is 12.0. The molecule has 0 unspecified atom stereocenters. The summed E-state index contributed by atoms with van der Waals surface area (Å²) in [5.74, 6) is 1.28. The van der Waals surface area contributed by atoms with E-state index in [1.807, 2.05) is 26.8 Å². The maximum Gasteiger partial charge on any atom is 0.336 e. The van der Waals surface area contributed by atoms with Crippen molar-refractivity contribution in [2.24, 2.45) is 0 Å². The first-order valence-electron chi connectivity index (χ1n) is 7.92. The van der Waals surface area contributed by atoms with Crippen molar-refractivity contribution in [1.29, 1.82) is 0 Å². The normalized spacial score (nSPS) is 10.8. The van der Waals surface area contributed by atoms with Crippen LogP contribution in [0.1, 0.15) is 23.6 Å². The third-order valence-corrected chi connectivity index (χ3v) is 4.12. The van der Waals surface area contributed by atoms with E-state index in [2.05, 4.69) is 0 Å². The molecular weight excluding hydrogens is 340 g/mol. The zero-order valence-electron chi connectivity index (χ0n) is 14.8. The average molecular weight is 361 g/mol. The van der Waals surface area contributed by atoms with E-state index in [0.29, 0.717) is 28.9 Å². The van der Waals surface area contributed by atoms with Crippen LogP contribution in [0.3, 0.4) is 0 Å². The van der Waals surface area contributed by atoms with Crippen LogP contribution < -0.4 is 14.2 Å². The van der Waals surface area contributed by atoms with Gasteiger partial charge in [0.25, 0.3) is 0 Å². The fraction of sp³-hybridized carbons (Fsp3) is 0.250. The molecule has 0 aliphatic rings. The van der Waals surface area contributed by atoms with Gasteiger partial charge in [-0.05, 0) is 67.8 Å². The van der Waals surface area contributed by atoms with Crippen molar-refractivity contribution in [3.05, 3.63) is 58.1 Å². The molecule has 0 atom stereocenters. The van der Waals surface area contributed by atoms with Crippen LogP contribution in [-0.4, -0.2) is 19.7 Å². The van der Waals surface area contributed by atoms with Gasteiger partial charge in [0, 0.05) is 11.1 Å². The van der Waals surface area contributed by atoms with Crippen LogP contribution >= 0.6 is 11.6 Å². The minimum atomic E-state index is -0.464. The lowest BCUT2D eigenvalue weighted by Crippen LogP contribution is -2.04. The molecule has 0 amide bonds. The minimum Gasteiger partial charge on any atom is -0.493 e. The van der Waals surface area contributed by atoms with Crippen LogP contribution in [-0.2, 0) is 4.79 Å². The first-order valence-corrected chi connectivity index (χ1v) is 8.30. The summed E-state index contributed by atoms with van der Waals surface area (Å²) in [7, 11) is 1.57. The van der Waals surface area contributed by atoms with Crippen molar-refractivity contribution >= 4 is 23.6 Å². The topological polar surface area (TPSA) is 44.8 Å². The molecule has 25 heavy (non-hydrogen) atoms. The molecule has 0 bridgehead atoms. The van der Waals surface area contributed by atoms with Gasteiger partial charge < -0.3 is 14.2 Å². The number of esters is 1. The molecule has 0 N–H and O–H groups in total. The van der Waals surface area contributed by atoms with E-state index in [9.17, 15) is 4.79 Å². The number of hydrogen-bond donors (Lipinski definition) is 0. The molecule has 0 spiro atoms. The largest absolute Gasteiger partial charge is 0.493 e. The van der Waals surface area contributed by atoms with E-state index < -0.39 is 5.97 Å². The van der Waals surface area contributed by atoms with Gasteiger partial charge in [-0.2, -0.15) is 0 Å². The van der Waals surface area contributed by atoms with Gasteiger partial charge in [0.2, 0.25) is 0 Å². The lowest BCUT2D eigenvalue weighted by molar-refractivity contribution is -0.128. The third-order valence-electron chi connectivity index (χ3n) is 3.53. The van der Waals surface area contributed by atoms with Gasteiger partial charge >= 0.3 is 5.97 Å². The highest BCUT2D eigenvalue weighted by Gasteiger charge is 2.07. The fourth-order valence-electron chi connectivity index (χ4n) is 2.34. The number of methoxy groups -OCH3 is 1. The van der Waals surface area contributed by atoms with E-state index >= 15 is 0 Å². The van der Waals surface area contributed by atoms with E-state index in [1.54, 1.807) is 37.5 Å². The summed E-state index contributed by atoms with van der Waals surface area (Å²) in [6.07, 6.45) is 3.03. The first kappa shape index (κ1) is 18.9. The molecule has 0 fully saturated rings. The van der Waals surface area contributed by atoms with Gasteiger partial charge in [-0.15, -0.1) is 0 Å². The van der Waals surface area contributed by atoms with Gasteiger partial charge in [-0.25, -0.2) is 4.79 Å². The number of halogens is 1. The van der Waals surface area contributed by atoms with Gasteiger partial charge in [-0.3, -0.25) is 0 Å². The molecule has 5 heteroatoms. The summed E-state index contributed by atoms with van der Waals surface area (Å²) in [6.45, 7) is 6.20. The summed E-state index contributed by atoms with van der Waals surface area (Å²) in [4.78, 5) is 12.0. The molecule has 0 saturated carbocycles. The van der Waals surface area contributed by atoms with Crippen molar-refractivity contribution in [2.75, 3.05) is 13.7 Å². The molecule has 0 aliphatic heterocycles. The number of aryl methyl sites for hydroxylation is 2. The van der Waals surface area contributed by atoms with Crippen LogP contribution in [0.25, 0.3) is 6.08 Å². The van der Waals surface area contributed by atoms with Crippen LogP contribution in [0.4, 0.5) is 0 Å². The molecular formula is C20H21ClO4. The quantitative estimate of drug-likeness (QED) is 0.414. The summed E-state index contributed by atoms with van der Waals surface area (Å²) >= 11 is 6.11. The number of hydrogen-bond acceptors (Lipinski definition) is 4. The lowest BCUT2D eigenvalue weighted by Gasteiger charge is -2.09. The number of rotatable bonds is 6. The molecule has 0 radical (unpaired) electrons. The van der Waals surface area contributed by atoms with Crippen LogP contribution in [0.2, 0.25) is 5.02 Å². The Morgan fingerprint density at radius 3 is 2.40 bits per heavy atom. The minimum absolute atomic E-state index is 0.464. The summed E-state index contributed by atoms with van der Waals surface area (Å²) < 4.78 is 16.1. The second-order valence-electron chi connectivity index (χ2n) is 5.47. The van der Waals surface area contributed by atoms with Gasteiger partial charge in [0.1, 0.15) is 5.75 Å². The van der Waals surface area contributed by atoms with Crippen LogP contribution in [0.5, 0.6) is 17.2 Å². The SMILES string of the molecule is CCOc1ccc(/C=C/C(=O)Oc2cc(C)c(Cl)c(C)c2)cc1OC. The Morgan fingerprint density at radius 1 is 1.12 bits per heavy atom. The summed E-state index contributed by atoms with van der Waals surface area (Å²) in [6, 6.07) is 8.92. The molecule has 0 aromatic heterocycles. The highest BCUT2D eigenvalue weighted by Crippen LogP contribution is 2.29. The van der Waals surface area contributed by atoms with Crippen molar-refractivity contribution in [3.63, 3.8) is 0 Å².